The lowest BCUT2D eigenvalue weighted by Crippen LogP contribution is -2.50. The molecule has 3 heteroatoms. The molecule has 108 valence electrons. The molecule has 0 bridgehead atoms. The van der Waals surface area contributed by atoms with E-state index in [4.69, 9.17) is 5.73 Å². The minimum atomic E-state index is -0.516. The van der Waals surface area contributed by atoms with E-state index in [0.717, 1.165) is 38.8 Å². The monoisotopic (exact) mass is 272 g/mol. The van der Waals surface area contributed by atoms with Gasteiger partial charge in [0.1, 0.15) is 0 Å². The summed E-state index contributed by atoms with van der Waals surface area (Å²) in [5, 5.41) is 0. The van der Waals surface area contributed by atoms with Gasteiger partial charge in [0.2, 0.25) is 5.91 Å². The molecule has 3 rings (SSSR count). The molecule has 2 atom stereocenters. The third kappa shape index (κ3) is 2.47. The van der Waals surface area contributed by atoms with Gasteiger partial charge in [-0.2, -0.15) is 0 Å². The maximum Gasteiger partial charge on any atom is 0.242 e. The molecule has 2 unspecified atom stereocenters. The first kappa shape index (κ1) is 13.6. The molecule has 1 saturated heterocycles. The first-order valence-electron chi connectivity index (χ1n) is 7.77. The number of nitrogens with zero attached hydrogens (tertiary/aromatic N) is 1. The lowest BCUT2D eigenvalue weighted by atomic mass is 9.79. The van der Waals surface area contributed by atoms with Gasteiger partial charge in [-0.3, -0.25) is 4.79 Å². The molecule has 1 aliphatic carbocycles. The molecule has 0 aromatic heterocycles. The van der Waals surface area contributed by atoms with E-state index in [1.165, 1.54) is 5.56 Å². The third-order valence-corrected chi connectivity index (χ3v) is 4.99. The highest BCUT2D eigenvalue weighted by Gasteiger charge is 2.49. The van der Waals surface area contributed by atoms with Gasteiger partial charge in [-0.25, -0.2) is 0 Å². The number of carbonyl (C=O) groups is 1. The van der Waals surface area contributed by atoms with Crippen molar-refractivity contribution in [3.63, 3.8) is 0 Å². The smallest absolute Gasteiger partial charge is 0.242 e. The fraction of sp³-hybridized carbons (Fsp3) is 0.588. The number of amides is 1. The molecule has 2 N–H and O–H groups in total. The summed E-state index contributed by atoms with van der Waals surface area (Å²) in [5.41, 5.74) is 6.96. The second-order valence-electron chi connectivity index (χ2n) is 6.38. The van der Waals surface area contributed by atoms with Crippen LogP contribution in [0.4, 0.5) is 0 Å². The van der Waals surface area contributed by atoms with E-state index in [1.807, 2.05) is 4.90 Å². The van der Waals surface area contributed by atoms with Crippen molar-refractivity contribution in [3.05, 3.63) is 35.9 Å². The average Bonchev–Trinajstić information content (AvgIpc) is 3.26. The van der Waals surface area contributed by atoms with Crippen LogP contribution in [0.5, 0.6) is 0 Å². The van der Waals surface area contributed by atoms with Crippen LogP contribution < -0.4 is 5.73 Å². The van der Waals surface area contributed by atoms with Crippen molar-refractivity contribution in [2.24, 2.45) is 11.7 Å². The fourth-order valence-corrected chi connectivity index (χ4v) is 3.43. The molecular formula is C17H24N2O. The van der Waals surface area contributed by atoms with Crippen LogP contribution in [0.1, 0.15) is 44.1 Å². The van der Waals surface area contributed by atoms with Gasteiger partial charge in [-0.15, -0.1) is 0 Å². The standard InChI is InChI=1S/C17H24N2O/c1-2-13-12-19(16(20)17(18)9-10-17)11-8-15(13)14-6-4-3-5-7-14/h3-7,13,15H,2,8-12,18H2,1H3. The number of rotatable bonds is 3. The molecule has 2 fully saturated rings. The highest BCUT2D eigenvalue weighted by atomic mass is 16.2. The average molecular weight is 272 g/mol. The summed E-state index contributed by atoms with van der Waals surface area (Å²) in [4.78, 5) is 14.4. The molecule has 3 nitrogen and oxygen atoms in total. The Labute approximate surface area is 121 Å². The number of likely N-dealkylation sites (tertiary alicyclic amines) is 1. The highest BCUT2D eigenvalue weighted by Crippen LogP contribution is 2.39. The van der Waals surface area contributed by atoms with E-state index in [9.17, 15) is 4.79 Å². The van der Waals surface area contributed by atoms with E-state index in [0.29, 0.717) is 11.8 Å². The van der Waals surface area contributed by atoms with E-state index in [-0.39, 0.29) is 5.91 Å². The Morgan fingerprint density at radius 3 is 2.65 bits per heavy atom. The van der Waals surface area contributed by atoms with E-state index in [1.54, 1.807) is 0 Å². The Hall–Kier alpha value is -1.35. The topological polar surface area (TPSA) is 46.3 Å². The summed E-state index contributed by atoms with van der Waals surface area (Å²) in [6, 6.07) is 10.7. The van der Waals surface area contributed by atoms with Gasteiger partial charge < -0.3 is 10.6 Å². The SMILES string of the molecule is CCC1CN(C(=O)C2(N)CC2)CCC1c1ccccc1. The van der Waals surface area contributed by atoms with Crippen molar-refractivity contribution in [1.29, 1.82) is 0 Å². The zero-order valence-electron chi connectivity index (χ0n) is 12.2. The summed E-state index contributed by atoms with van der Waals surface area (Å²) in [6.45, 7) is 3.95. The molecule has 1 aromatic rings. The lowest BCUT2D eigenvalue weighted by molar-refractivity contribution is -0.135. The van der Waals surface area contributed by atoms with Crippen LogP contribution in [0.3, 0.4) is 0 Å². The number of benzene rings is 1. The molecule has 0 spiro atoms. The van der Waals surface area contributed by atoms with Crippen LogP contribution in [0, 0.1) is 5.92 Å². The Balaban J connectivity index is 1.71. The summed E-state index contributed by atoms with van der Waals surface area (Å²) in [5.74, 6) is 1.32. The van der Waals surface area contributed by atoms with Gasteiger partial charge in [0, 0.05) is 13.1 Å². The number of carbonyl (C=O) groups excluding carboxylic acids is 1. The molecule has 1 amide bonds. The van der Waals surface area contributed by atoms with Crippen LogP contribution in [0.2, 0.25) is 0 Å². The predicted molar refractivity (Wildman–Crippen MR) is 80.3 cm³/mol. The molecular weight excluding hydrogens is 248 g/mol. The largest absolute Gasteiger partial charge is 0.341 e. The number of hydrogen-bond acceptors (Lipinski definition) is 2. The van der Waals surface area contributed by atoms with Gasteiger partial charge in [0.05, 0.1) is 5.54 Å². The van der Waals surface area contributed by atoms with Crippen molar-refractivity contribution in [3.8, 4) is 0 Å². The van der Waals surface area contributed by atoms with Crippen molar-refractivity contribution in [2.45, 2.75) is 44.1 Å². The molecule has 1 heterocycles. The molecule has 1 aliphatic heterocycles. The quantitative estimate of drug-likeness (QED) is 0.919. The molecule has 1 aromatic carbocycles. The lowest BCUT2D eigenvalue weighted by Gasteiger charge is -2.39. The van der Waals surface area contributed by atoms with Crippen LogP contribution in [-0.2, 0) is 4.79 Å². The molecule has 0 radical (unpaired) electrons. The maximum atomic E-state index is 12.4. The van der Waals surface area contributed by atoms with Crippen molar-refractivity contribution in [1.82, 2.24) is 4.90 Å². The predicted octanol–water partition coefficient (Wildman–Crippen LogP) is 2.52. The Bertz CT molecular complexity index is 481. The summed E-state index contributed by atoms with van der Waals surface area (Å²) >= 11 is 0. The second kappa shape index (κ2) is 5.21. The first-order chi connectivity index (χ1) is 9.64. The van der Waals surface area contributed by atoms with E-state index in [2.05, 4.69) is 37.3 Å². The fourth-order valence-electron chi connectivity index (χ4n) is 3.43. The number of hydrogen-bond donors (Lipinski definition) is 1. The summed E-state index contributed by atoms with van der Waals surface area (Å²) in [6.07, 6.45) is 3.90. The van der Waals surface area contributed by atoms with E-state index >= 15 is 0 Å². The summed E-state index contributed by atoms with van der Waals surface area (Å²) in [7, 11) is 0. The molecule has 20 heavy (non-hydrogen) atoms. The normalized spacial score (nSPS) is 28.2. The summed E-state index contributed by atoms with van der Waals surface area (Å²) < 4.78 is 0. The minimum absolute atomic E-state index is 0.183. The van der Waals surface area contributed by atoms with Crippen LogP contribution >= 0.6 is 0 Å². The molecule has 1 saturated carbocycles. The maximum absolute atomic E-state index is 12.4. The Morgan fingerprint density at radius 2 is 2.05 bits per heavy atom. The van der Waals surface area contributed by atoms with Gasteiger partial charge >= 0.3 is 0 Å². The second-order valence-corrected chi connectivity index (χ2v) is 6.38. The van der Waals surface area contributed by atoms with Crippen molar-refractivity contribution >= 4 is 5.91 Å². The van der Waals surface area contributed by atoms with Gasteiger partial charge in [0.25, 0.3) is 0 Å². The number of nitrogens with two attached hydrogens (primary N) is 1. The van der Waals surface area contributed by atoms with Crippen LogP contribution in [0.25, 0.3) is 0 Å². The van der Waals surface area contributed by atoms with E-state index < -0.39 is 5.54 Å². The number of piperidine rings is 1. The zero-order chi connectivity index (χ0) is 14.2. The Morgan fingerprint density at radius 1 is 1.35 bits per heavy atom. The van der Waals surface area contributed by atoms with Gasteiger partial charge in [-0.05, 0) is 36.7 Å². The zero-order valence-corrected chi connectivity index (χ0v) is 12.2. The first-order valence-corrected chi connectivity index (χ1v) is 7.77. The Kier molecular flexibility index (Phi) is 3.55. The molecule has 2 aliphatic rings. The van der Waals surface area contributed by atoms with Gasteiger partial charge in [0.15, 0.2) is 0 Å². The van der Waals surface area contributed by atoms with Crippen molar-refractivity contribution in [2.75, 3.05) is 13.1 Å². The van der Waals surface area contributed by atoms with Gasteiger partial charge in [-0.1, -0.05) is 43.7 Å². The van der Waals surface area contributed by atoms with Crippen LogP contribution in [-0.4, -0.2) is 29.4 Å². The minimum Gasteiger partial charge on any atom is -0.341 e. The van der Waals surface area contributed by atoms with Crippen molar-refractivity contribution < 1.29 is 4.79 Å². The highest BCUT2D eigenvalue weighted by molar-refractivity contribution is 5.89. The third-order valence-electron chi connectivity index (χ3n) is 4.99. The van der Waals surface area contributed by atoms with Crippen LogP contribution in [0.15, 0.2) is 30.3 Å².